The van der Waals surface area contributed by atoms with Crippen molar-refractivity contribution in [2.75, 3.05) is 13.1 Å². The number of thiazole rings is 1. The molecule has 1 fully saturated rings. The van der Waals surface area contributed by atoms with Crippen LogP contribution in [0.25, 0.3) is 16.9 Å². The molecule has 0 aliphatic carbocycles. The minimum atomic E-state index is -0.893. The number of likely N-dealkylation sites (tertiary alicyclic amines) is 1. The van der Waals surface area contributed by atoms with Gasteiger partial charge in [-0.15, -0.1) is 11.3 Å². The van der Waals surface area contributed by atoms with Crippen molar-refractivity contribution >= 4 is 17.2 Å². The van der Waals surface area contributed by atoms with Crippen molar-refractivity contribution in [2.24, 2.45) is 7.05 Å². The maximum Gasteiger partial charge on any atom is 0.226 e. The lowest BCUT2D eigenvalue weighted by molar-refractivity contribution is -0.121. The second-order valence-electron chi connectivity index (χ2n) is 10.4. The van der Waals surface area contributed by atoms with Crippen molar-refractivity contribution in [1.29, 1.82) is 0 Å². The summed E-state index contributed by atoms with van der Waals surface area (Å²) in [5.74, 6) is -2.16. The molecule has 1 aliphatic heterocycles. The van der Waals surface area contributed by atoms with Gasteiger partial charge in [-0.25, -0.2) is 18.4 Å². The van der Waals surface area contributed by atoms with E-state index in [-0.39, 0.29) is 24.3 Å². The highest BCUT2D eigenvalue weighted by atomic mass is 32.1. The number of halogens is 2. The molecule has 1 N–H and O–H groups in total. The van der Waals surface area contributed by atoms with Gasteiger partial charge in [0.15, 0.2) is 11.6 Å². The van der Waals surface area contributed by atoms with Crippen LogP contribution in [-0.4, -0.2) is 54.5 Å². The largest absolute Gasteiger partial charge is 0.351 e. The molecule has 2 atom stereocenters. The van der Waals surface area contributed by atoms with Gasteiger partial charge >= 0.3 is 0 Å². The zero-order valence-electron chi connectivity index (χ0n) is 22.7. The quantitative estimate of drug-likeness (QED) is 0.293. The van der Waals surface area contributed by atoms with Crippen molar-refractivity contribution in [3.63, 3.8) is 0 Å². The Bertz CT molecular complexity index is 1670. The normalized spacial score (nSPS) is 17.3. The number of nitrogens with one attached hydrogen (secondary N) is 1. The third kappa shape index (κ3) is 5.68. The first kappa shape index (κ1) is 27.0. The van der Waals surface area contributed by atoms with Gasteiger partial charge in [-0.1, -0.05) is 24.3 Å². The highest BCUT2D eigenvalue weighted by Gasteiger charge is 2.36. The molecular formula is C30H29F2N7OS. The van der Waals surface area contributed by atoms with E-state index in [2.05, 4.69) is 20.3 Å². The fourth-order valence-corrected chi connectivity index (χ4v) is 6.08. The molecule has 2 aromatic carbocycles. The summed E-state index contributed by atoms with van der Waals surface area (Å²) in [5, 5.41) is 14.4. The van der Waals surface area contributed by atoms with Crippen molar-refractivity contribution in [3.05, 3.63) is 106 Å². The first-order valence-electron chi connectivity index (χ1n) is 13.3. The number of carbonyl (C=O) groups excluding carboxylic acids is 1. The summed E-state index contributed by atoms with van der Waals surface area (Å²) in [5.41, 5.74) is 7.53. The van der Waals surface area contributed by atoms with Gasteiger partial charge < -0.3 is 5.32 Å². The van der Waals surface area contributed by atoms with Crippen LogP contribution in [-0.2, 0) is 24.8 Å². The molecule has 210 valence electrons. The summed E-state index contributed by atoms with van der Waals surface area (Å²) in [7, 11) is 1.85. The number of amides is 1. The van der Waals surface area contributed by atoms with E-state index in [0.717, 1.165) is 40.0 Å². The molecule has 0 bridgehead atoms. The predicted octanol–water partition coefficient (Wildman–Crippen LogP) is 4.64. The second-order valence-corrected chi connectivity index (χ2v) is 11.1. The van der Waals surface area contributed by atoms with Crippen LogP contribution >= 0.6 is 11.3 Å². The molecule has 5 aromatic rings. The van der Waals surface area contributed by atoms with Gasteiger partial charge in [0.05, 0.1) is 40.9 Å². The predicted molar refractivity (Wildman–Crippen MR) is 153 cm³/mol. The molecule has 0 unspecified atom stereocenters. The zero-order chi connectivity index (χ0) is 28.5. The number of hydrogen-bond acceptors (Lipinski definition) is 6. The average molecular weight is 574 g/mol. The Hall–Kier alpha value is -4.22. The smallest absolute Gasteiger partial charge is 0.226 e. The summed E-state index contributed by atoms with van der Waals surface area (Å²) in [6, 6.07) is 13.4. The van der Waals surface area contributed by atoms with Crippen LogP contribution in [0.5, 0.6) is 0 Å². The Labute approximate surface area is 240 Å². The Morgan fingerprint density at radius 1 is 1.12 bits per heavy atom. The topological polar surface area (TPSA) is 80.9 Å². The number of carbonyl (C=O) groups is 1. The molecule has 11 heteroatoms. The monoisotopic (exact) mass is 573 g/mol. The summed E-state index contributed by atoms with van der Waals surface area (Å²) in [4.78, 5) is 20.2. The molecule has 0 spiro atoms. The molecule has 41 heavy (non-hydrogen) atoms. The lowest BCUT2D eigenvalue weighted by Crippen LogP contribution is -2.41. The number of benzene rings is 2. The standard InChI is InChI=1S/C30H29F2N7OS/c1-19-28(39(23-6-4-3-5-7-23)36-30(19)21-12-34-37(2)13-21)11-29(40)35-27-16-38(14-22-17-41-18-33-22)15-24(27)20-8-9-25(31)26(32)10-20/h3-10,12-13,17-18,24,27H,11,14-16H2,1-2H3,(H,35,40)/t24-,27+/m0/s1. The summed E-state index contributed by atoms with van der Waals surface area (Å²) in [6.45, 7) is 3.72. The van der Waals surface area contributed by atoms with E-state index < -0.39 is 11.6 Å². The van der Waals surface area contributed by atoms with Crippen LogP contribution in [0.15, 0.2) is 71.8 Å². The van der Waals surface area contributed by atoms with Gasteiger partial charge in [0.2, 0.25) is 5.91 Å². The Morgan fingerprint density at radius 3 is 2.66 bits per heavy atom. The SMILES string of the molecule is Cc1c(-c2cnn(C)c2)nn(-c2ccccc2)c1CC(=O)N[C@@H]1CN(Cc2cscn2)C[C@H]1c1ccc(F)c(F)c1. The van der Waals surface area contributed by atoms with Crippen LogP contribution in [0, 0.1) is 18.6 Å². The van der Waals surface area contributed by atoms with E-state index in [1.807, 2.05) is 60.6 Å². The van der Waals surface area contributed by atoms with Crippen LogP contribution < -0.4 is 5.32 Å². The van der Waals surface area contributed by atoms with E-state index in [1.54, 1.807) is 22.5 Å². The Morgan fingerprint density at radius 2 is 1.95 bits per heavy atom. The molecule has 4 heterocycles. The maximum absolute atomic E-state index is 14.2. The van der Waals surface area contributed by atoms with Gasteiger partial charge in [-0.05, 0) is 42.3 Å². The third-order valence-corrected chi connectivity index (χ3v) is 8.17. The molecule has 1 aliphatic rings. The van der Waals surface area contributed by atoms with Gasteiger partial charge in [-0.3, -0.25) is 14.4 Å². The van der Waals surface area contributed by atoms with Gasteiger partial charge in [-0.2, -0.15) is 10.2 Å². The maximum atomic E-state index is 14.2. The average Bonchev–Trinajstić information content (AvgIpc) is 3.76. The lowest BCUT2D eigenvalue weighted by Gasteiger charge is -2.21. The van der Waals surface area contributed by atoms with Crippen LogP contribution in [0.3, 0.4) is 0 Å². The highest BCUT2D eigenvalue weighted by molar-refractivity contribution is 7.07. The number of hydrogen-bond donors (Lipinski definition) is 1. The number of para-hydroxylation sites is 1. The van der Waals surface area contributed by atoms with E-state index in [1.165, 1.54) is 17.4 Å². The third-order valence-electron chi connectivity index (χ3n) is 7.53. The Balaban J connectivity index is 1.28. The van der Waals surface area contributed by atoms with E-state index in [9.17, 15) is 13.6 Å². The number of aryl methyl sites for hydroxylation is 1. The molecule has 0 saturated carbocycles. The molecule has 1 amide bonds. The molecule has 3 aromatic heterocycles. The second kappa shape index (κ2) is 11.3. The summed E-state index contributed by atoms with van der Waals surface area (Å²) < 4.78 is 31.5. The number of rotatable bonds is 8. The first-order chi connectivity index (χ1) is 19.9. The molecular weight excluding hydrogens is 544 g/mol. The number of nitrogens with zero attached hydrogens (tertiary/aromatic N) is 6. The van der Waals surface area contributed by atoms with E-state index in [4.69, 9.17) is 5.10 Å². The van der Waals surface area contributed by atoms with Gasteiger partial charge in [0.25, 0.3) is 0 Å². The van der Waals surface area contributed by atoms with Crippen molar-refractivity contribution < 1.29 is 13.6 Å². The van der Waals surface area contributed by atoms with Crippen molar-refractivity contribution in [1.82, 2.24) is 34.8 Å². The highest BCUT2D eigenvalue weighted by Crippen LogP contribution is 2.31. The number of aromatic nitrogens is 5. The summed E-state index contributed by atoms with van der Waals surface area (Å²) >= 11 is 1.53. The van der Waals surface area contributed by atoms with E-state index >= 15 is 0 Å². The van der Waals surface area contributed by atoms with Gasteiger partial charge in [0, 0.05) is 55.8 Å². The molecule has 6 rings (SSSR count). The van der Waals surface area contributed by atoms with Crippen molar-refractivity contribution in [3.8, 4) is 16.9 Å². The first-order valence-corrected chi connectivity index (χ1v) is 14.3. The molecule has 8 nitrogen and oxygen atoms in total. The fraction of sp³-hybridized carbons (Fsp3) is 0.267. The molecule has 1 saturated heterocycles. The van der Waals surface area contributed by atoms with Gasteiger partial charge in [0.1, 0.15) is 0 Å². The van der Waals surface area contributed by atoms with Crippen LogP contribution in [0.4, 0.5) is 8.78 Å². The lowest BCUT2D eigenvalue weighted by atomic mass is 9.94. The van der Waals surface area contributed by atoms with Crippen LogP contribution in [0.2, 0.25) is 0 Å². The van der Waals surface area contributed by atoms with E-state index in [0.29, 0.717) is 25.2 Å². The fourth-order valence-electron chi connectivity index (χ4n) is 5.53. The Kier molecular flexibility index (Phi) is 7.46. The minimum absolute atomic E-state index is 0.0983. The summed E-state index contributed by atoms with van der Waals surface area (Å²) in [6.07, 6.45) is 3.76. The minimum Gasteiger partial charge on any atom is -0.351 e. The van der Waals surface area contributed by atoms with Crippen LogP contribution in [0.1, 0.15) is 28.4 Å². The molecule has 0 radical (unpaired) electrons. The zero-order valence-corrected chi connectivity index (χ0v) is 23.5. The van der Waals surface area contributed by atoms with Crippen molar-refractivity contribution in [2.45, 2.75) is 31.8 Å².